The number of nitrogens with zero attached hydrogens (tertiary/aromatic N) is 1. The van der Waals surface area contributed by atoms with E-state index in [1.54, 1.807) is 0 Å². The zero-order chi connectivity index (χ0) is 43.4. The van der Waals surface area contributed by atoms with Crippen LogP contribution >= 0.6 is 7.82 Å². The first-order valence-electron chi connectivity index (χ1n) is 21.9. The number of carbonyl (C=O) groups excluding carboxylic acids is 1. The second kappa shape index (κ2) is 41.4. The number of esters is 1. The van der Waals surface area contributed by atoms with E-state index in [2.05, 4.69) is 135 Å². The van der Waals surface area contributed by atoms with Gasteiger partial charge in [0.05, 0.1) is 34.4 Å². The molecule has 0 aromatic carbocycles. The van der Waals surface area contributed by atoms with E-state index in [-0.39, 0.29) is 26.2 Å². The van der Waals surface area contributed by atoms with E-state index in [9.17, 15) is 14.3 Å². The van der Waals surface area contributed by atoms with Crippen molar-refractivity contribution < 1.29 is 37.3 Å². The molecule has 2 atom stereocenters. The molecule has 0 spiro atoms. The van der Waals surface area contributed by atoms with E-state index in [1.165, 1.54) is 0 Å². The molecule has 0 aliphatic carbocycles. The number of ether oxygens (including phenoxy) is 2. The number of hydrogen-bond acceptors (Lipinski definition) is 6. The van der Waals surface area contributed by atoms with Crippen LogP contribution in [0.15, 0.2) is 134 Å². The van der Waals surface area contributed by atoms with E-state index in [0.29, 0.717) is 24.1 Å². The Morgan fingerprint density at radius 2 is 0.915 bits per heavy atom. The third kappa shape index (κ3) is 45.6. The predicted molar refractivity (Wildman–Crippen MR) is 251 cm³/mol. The summed E-state index contributed by atoms with van der Waals surface area (Å²) in [6.45, 7) is 5.11. The molecule has 59 heavy (non-hydrogen) atoms. The zero-order valence-corrected chi connectivity index (χ0v) is 38.3. The molecule has 0 aliphatic rings. The van der Waals surface area contributed by atoms with Gasteiger partial charge in [0.1, 0.15) is 19.3 Å². The Hall–Kier alpha value is -3.36. The first-order valence-corrected chi connectivity index (χ1v) is 23.4. The highest BCUT2D eigenvalue weighted by molar-refractivity contribution is 7.47. The molecule has 8 nitrogen and oxygen atoms in total. The van der Waals surface area contributed by atoms with Crippen LogP contribution < -0.4 is 0 Å². The van der Waals surface area contributed by atoms with Crippen molar-refractivity contribution in [3.63, 3.8) is 0 Å². The lowest BCUT2D eigenvalue weighted by atomic mass is 10.2. The standard InChI is InChI=1S/C50H80NO7P/c1-6-8-10-12-14-16-18-20-21-22-23-24-25-26-27-28-29-30-32-34-36-38-40-42-45-55-47-49(48-57-59(53,54)56-46-44-51(3,4)5)58-50(52)43-41-39-37-35-33-31-19-17-15-13-11-9-7-2/h8-11,14-17,20-21,23-24,26-27,29-31,33-34,36-37,39,49H,6-7,12-13,18-19,22,25,28,32,35,38,40-48H2,1-5H3/p+1/b10-8-,11-9-,16-14-,17-15-,21-20-,24-23-,27-26-,30-29-,33-31-,36-34-,39-37-. The van der Waals surface area contributed by atoms with Crippen molar-refractivity contribution in [1.82, 2.24) is 0 Å². The summed E-state index contributed by atoms with van der Waals surface area (Å²) in [5.74, 6) is -0.416. The molecule has 0 amide bonds. The quantitative estimate of drug-likeness (QED) is 0.0218. The van der Waals surface area contributed by atoms with Gasteiger partial charge in [0.2, 0.25) is 0 Å². The van der Waals surface area contributed by atoms with Gasteiger partial charge in [-0.15, -0.1) is 0 Å². The minimum absolute atomic E-state index is 0.0585. The van der Waals surface area contributed by atoms with E-state index >= 15 is 0 Å². The second-order valence-corrected chi connectivity index (χ2v) is 16.4. The minimum atomic E-state index is -4.32. The van der Waals surface area contributed by atoms with E-state index < -0.39 is 19.9 Å². The van der Waals surface area contributed by atoms with Crippen molar-refractivity contribution in [2.24, 2.45) is 0 Å². The Bertz CT molecular complexity index is 1390. The number of phosphoric acid groups is 1. The molecule has 0 saturated carbocycles. The number of unbranched alkanes of at least 4 members (excludes halogenated alkanes) is 2. The van der Waals surface area contributed by atoms with Crippen LogP contribution in [0.1, 0.15) is 117 Å². The van der Waals surface area contributed by atoms with Gasteiger partial charge in [-0.25, -0.2) is 4.57 Å². The number of hydrogen-bond donors (Lipinski definition) is 1. The first kappa shape index (κ1) is 55.6. The molecule has 9 heteroatoms. The Kier molecular flexibility index (Phi) is 39.0. The largest absolute Gasteiger partial charge is 0.472 e. The summed E-state index contributed by atoms with van der Waals surface area (Å²) in [5, 5.41) is 0. The second-order valence-electron chi connectivity index (χ2n) is 15.0. The van der Waals surface area contributed by atoms with Gasteiger partial charge >= 0.3 is 13.8 Å². The molecule has 2 unspecified atom stereocenters. The van der Waals surface area contributed by atoms with Gasteiger partial charge in [-0.3, -0.25) is 13.8 Å². The third-order valence-electron chi connectivity index (χ3n) is 8.22. The SMILES string of the molecule is CC/C=C\C/C=C\C/C=C\C/C=C\C/C=C\C/C=C\C/C=C\CCCCOCC(COP(=O)(O)OCC[N+](C)(C)C)OC(=O)CC/C=C\C/C=C\C/C=C\C/C=C\CC. The van der Waals surface area contributed by atoms with Crippen LogP contribution in [-0.4, -0.2) is 75.6 Å². The summed E-state index contributed by atoms with van der Waals surface area (Å²) in [4.78, 5) is 22.8. The number of allylic oxidation sites excluding steroid dienone is 22. The molecule has 0 heterocycles. The Morgan fingerprint density at radius 3 is 1.32 bits per heavy atom. The summed E-state index contributed by atoms with van der Waals surface area (Å²) < 4.78 is 34.8. The van der Waals surface area contributed by atoms with Gasteiger partial charge in [-0.05, 0) is 96.3 Å². The molecule has 0 saturated heterocycles. The number of likely N-dealkylation sites (N-methyl/N-ethyl adjacent to an activating group) is 1. The van der Waals surface area contributed by atoms with Crippen molar-refractivity contribution in [3.8, 4) is 0 Å². The van der Waals surface area contributed by atoms with Crippen LogP contribution in [0.3, 0.4) is 0 Å². The lowest BCUT2D eigenvalue weighted by molar-refractivity contribution is -0.870. The van der Waals surface area contributed by atoms with Crippen LogP contribution in [0.25, 0.3) is 0 Å². The lowest BCUT2D eigenvalue weighted by Gasteiger charge is -2.24. The number of carbonyl (C=O) groups is 1. The van der Waals surface area contributed by atoms with Gasteiger partial charge in [0, 0.05) is 13.0 Å². The van der Waals surface area contributed by atoms with Crippen molar-refractivity contribution >= 4 is 13.8 Å². The summed E-state index contributed by atoms with van der Waals surface area (Å²) in [5.41, 5.74) is 0. The zero-order valence-electron chi connectivity index (χ0n) is 37.4. The fourth-order valence-electron chi connectivity index (χ4n) is 4.90. The van der Waals surface area contributed by atoms with Gasteiger partial charge < -0.3 is 18.9 Å². The maximum absolute atomic E-state index is 12.6. The van der Waals surface area contributed by atoms with Crippen LogP contribution in [0, 0.1) is 0 Å². The third-order valence-corrected chi connectivity index (χ3v) is 9.21. The molecular formula is C50H81NO7P+. The van der Waals surface area contributed by atoms with Crippen LogP contribution in [0.5, 0.6) is 0 Å². The normalized spacial score (nSPS) is 15.0. The highest BCUT2D eigenvalue weighted by Gasteiger charge is 2.26. The number of phosphoric ester groups is 1. The molecule has 0 aromatic rings. The topological polar surface area (TPSA) is 91.3 Å². The number of quaternary nitrogens is 1. The molecule has 0 radical (unpaired) electrons. The monoisotopic (exact) mass is 839 g/mol. The van der Waals surface area contributed by atoms with E-state index in [4.69, 9.17) is 18.5 Å². The van der Waals surface area contributed by atoms with Crippen LogP contribution in [0.2, 0.25) is 0 Å². The molecule has 0 rings (SSSR count). The highest BCUT2D eigenvalue weighted by atomic mass is 31.2. The predicted octanol–water partition coefficient (Wildman–Crippen LogP) is 13.2. The van der Waals surface area contributed by atoms with Gasteiger partial charge in [0.25, 0.3) is 0 Å². The van der Waals surface area contributed by atoms with Gasteiger partial charge in [0.15, 0.2) is 0 Å². The molecule has 0 bridgehead atoms. The summed E-state index contributed by atoms with van der Waals surface area (Å²) in [7, 11) is 1.57. The highest BCUT2D eigenvalue weighted by Crippen LogP contribution is 2.43. The first-order chi connectivity index (χ1) is 28.6. The van der Waals surface area contributed by atoms with Crippen molar-refractivity contribution in [3.05, 3.63) is 134 Å². The molecule has 332 valence electrons. The van der Waals surface area contributed by atoms with Crippen molar-refractivity contribution in [2.45, 2.75) is 123 Å². The summed E-state index contributed by atoms with van der Waals surface area (Å²) in [6, 6.07) is 0. The van der Waals surface area contributed by atoms with Crippen LogP contribution in [0.4, 0.5) is 0 Å². The Balaban J connectivity index is 4.41. The summed E-state index contributed by atoms with van der Waals surface area (Å²) >= 11 is 0. The molecule has 0 aromatic heterocycles. The van der Waals surface area contributed by atoms with E-state index in [1.807, 2.05) is 33.3 Å². The van der Waals surface area contributed by atoms with Crippen molar-refractivity contribution in [2.75, 3.05) is 54.1 Å². The Morgan fingerprint density at radius 1 is 0.525 bits per heavy atom. The summed E-state index contributed by atoms with van der Waals surface area (Å²) in [6.07, 6.45) is 60.9. The molecule has 0 aliphatic heterocycles. The maximum atomic E-state index is 12.6. The van der Waals surface area contributed by atoms with Gasteiger partial charge in [-0.1, -0.05) is 148 Å². The van der Waals surface area contributed by atoms with E-state index in [0.717, 1.165) is 89.9 Å². The fraction of sp³-hybridized carbons (Fsp3) is 0.540. The van der Waals surface area contributed by atoms with Crippen molar-refractivity contribution in [1.29, 1.82) is 0 Å². The maximum Gasteiger partial charge on any atom is 0.472 e. The average molecular weight is 839 g/mol. The molecule has 1 N–H and O–H groups in total. The Labute approximate surface area is 360 Å². The fourth-order valence-corrected chi connectivity index (χ4v) is 5.64. The molecule has 0 fully saturated rings. The number of rotatable bonds is 38. The van der Waals surface area contributed by atoms with Crippen LogP contribution in [-0.2, 0) is 27.9 Å². The van der Waals surface area contributed by atoms with Gasteiger partial charge in [-0.2, -0.15) is 0 Å². The average Bonchev–Trinajstić information content (AvgIpc) is 3.19. The minimum Gasteiger partial charge on any atom is -0.457 e. The smallest absolute Gasteiger partial charge is 0.457 e. The molecular weight excluding hydrogens is 758 g/mol. The lowest BCUT2D eigenvalue weighted by Crippen LogP contribution is -2.37.